The number of nitrogens with zero attached hydrogens (tertiary/aromatic N) is 3. The van der Waals surface area contributed by atoms with Gasteiger partial charge in [-0.1, -0.05) is 18.2 Å². The number of aromatic amines is 1. The van der Waals surface area contributed by atoms with Crippen LogP contribution in [0.5, 0.6) is 0 Å². The smallest absolute Gasteiger partial charge is 0.274 e. The van der Waals surface area contributed by atoms with Gasteiger partial charge in [0.25, 0.3) is 11.3 Å². The highest BCUT2D eigenvalue weighted by molar-refractivity contribution is 7.99. The molecule has 0 aliphatic rings. The maximum absolute atomic E-state index is 11.8. The van der Waals surface area contributed by atoms with E-state index in [9.17, 15) is 9.59 Å². The number of carbonyl (C=O) groups is 1. The highest BCUT2D eigenvalue weighted by atomic mass is 32.2. The molecule has 0 saturated carbocycles. The topological polar surface area (TPSA) is 92.1 Å². The van der Waals surface area contributed by atoms with Crippen LogP contribution in [0.2, 0.25) is 0 Å². The second kappa shape index (κ2) is 6.44. The molecular weight excluding hydrogens is 302 g/mol. The molecule has 0 radical (unpaired) electrons. The van der Waals surface area contributed by atoms with Crippen LogP contribution in [-0.2, 0) is 10.5 Å². The van der Waals surface area contributed by atoms with Crippen molar-refractivity contribution in [3.8, 4) is 0 Å². The summed E-state index contributed by atoms with van der Waals surface area (Å²) in [6, 6.07) is 10.7. The summed E-state index contributed by atoms with van der Waals surface area (Å²) in [6.07, 6.45) is 1.41. The van der Waals surface area contributed by atoms with E-state index in [1.54, 1.807) is 0 Å². The number of para-hydroxylation sites is 1. The Morgan fingerprint density at radius 2 is 2.14 bits per heavy atom. The molecule has 2 N–H and O–H groups in total. The van der Waals surface area contributed by atoms with E-state index in [0.717, 1.165) is 5.69 Å². The van der Waals surface area contributed by atoms with Crippen LogP contribution in [0.15, 0.2) is 47.5 Å². The minimum atomic E-state index is -0.216. The monoisotopic (exact) mass is 315 g/mol. The molecule has 0 fully saturated rings. The molecule has 0 spiro atoms. The van der Waals surface area contributed by atoms with Crippen molar-refractivity contribution >= 4 is 29.1 Å². The summed E-state index contributed by atoms with van der Waals surface area (Å²) in [6.45, 7) is 0. The zero-order valence-corrected chi connectivity index (χ0v) is 12.3. The minimum absolute atomic E-state index is 0.0891. The van der Waals surface area contributed by atoms with Crippen molar-refractivity contribution in [2.24, 2.45) is 0 Å². The summed E-state index contributed by atoms with van der Waals surface area (Å²) in [5.74, 6) is 1.00. The van der Waals surface area contributed by atoms with E-state index >= 15 is 0 Å². The highest BCUT2D eigenvalue weighted by Crippen LogP contribution is 2.11. The largest absolute Gasteiger partial charge is 0.325 e. The maximum atomic E-state index is 11.8. The van der Waals surface area contributed by atoms with Gasteiger partial charge < -0.3 is 5.32 Å². The van der Waals surface area contributed by atoms with E-state index in [0.29, 0.717) is 17.2 Å². The van der Waals surface area contributed by atoms with Gasteiger partial charge in [-0.05, 0) is 12.1 Å². The average molecular weight is 315 g/mol. The van der Waals surface area contributed by atoms with E-state index in [2.05, 4.69) is 20.4 Å². The fourth-order valence-electron chi connectivity index (χ4n) is 1.91. The van der Waals surface area contributed by atoms with E-state index in [-0.39, 0.29) is 17.2 Å². The van der Waals surface area contributed by atoms with Gasteiger partial charge >= 0.3 is 0 Å². The van der Waals surface area contributed by atoms with Crippen LogP contribution in [0.4, 0.5) is 5.69 Å². The molecule has 1 aromatic carbocycles. The maximum Gasteiger partial charge on any atom is 0.274 e. The average Bonchev–Trinajstić information content (AvgIpc) is 2.97. The molecule has 0 atom stereocenters. The molecule has 0 unspecified atom stereocenters. The zero-order chi connectivity index (χ0) is 15.4. The second-order valence-corrected chi connectivity index (χ2v) is 5.50. The number of nitrogens with one attached hydrogen (secondary N) is 2. The fourth-order valence-corrected chi connectivity index (χ4v) is 2.63. The first kappa shape index (κ1) is 14.3. The molecule has 1 amide bonds. The summed E-state index contributed by atoms with van der Waals surface area (Å²) in [4.78, 5) is 31.8. The van der Waals surface area contributed by atoms with Crippen molar-refractivity contribution in [2.45, 2.75) is 5.75 Å². The van der Waals surface area contributed by atoms with Gasteiger partial charge in [-0.15, -0.1) is 11.8 Å². The quantitative estimate of drug-likeness (QED) is 0.740. The van der Waals surface area contributed by atoms with Crippen molar-refractivity contribution in [1.29, 1.82) is 0 Å². The van der Waals surface area contributed by atoms with Crippen molar-refractivity contribution in [2.75, 3.05) is 11.1 Å². The number of aromatic nitrogens is 4. The Labute approximate surface area is 129 Å². The SMILES string of the molecule is O=C(CSCc1cc(=O)n2[nH]cnc2n1)Nc1ccccc1. The Balaban J connectivity index is 1.55. The third-order valence-electron chi connectivity index (χ3n) is 2.86. The van der Waals surface area contributed by atoms with Crippen molar-refractivity contribution < 1.29 is 4.79 Å². The summed E-state index contributed by atoms with van der Waals surface area (Å²) in [7, 11) is 0. The van der Waals surface area contributed by atoms with Crippen LogP contribution < -0.4 is 10.9 Å². The number of fused-ring (bicyclic) bond motifs is 1. The van der Waals surface area contributed by atoms with E-state index < -0.39 is 0 Å². The van der Waals surface area contributed by atoms with Gasteiger partial charge in [-0.3, -0.25) is 14.7 Å². The van der Waals surface area contributed by atoms with Crippen LogP contribution in [0.3, 0.4) is 0 Å². The third kappa shape index (κ3) is 3.34. The molecule has 3 aromatic rings. The van der Waals surface area contributed by atoms with Gasteiger partial charge in [-0.2, -0.15) is 4.52 Å². The van der Waals surface area contributed by atoms with E-state index in [4.69, 9.17) is 0 Å². The molecule has 8 heteroatoms. The second-order valence-electron chi connectivity index (χ2n) is 4.52. The number of amides is 1. The molecule has 2 aromatic heterocycles. The third-order valence-corrected chi connectivity index (χ3v) is 3.83. The summed E-state index contributed by atoms with van der Waals surface area (Å²) >= 11 is 1.39. The minimum Gasteiger partial charge on any atom is -0.325 e. The number of rotatable bonds is 5. The lowest BCUT2D eigenvalue weighted by atomic mass is 10.3. The lowest BCUT2D eigenvalue weighted by molar-refractivity contribution is -0.113. The van der Waals surface area contributed by atoms with Crippen LogP contribution in [-0.4, -0.2) is 31.2 Å². The van der Waals surface area contributed by atoms with Crippen LogP contribution in [0.1, 0.15) is 5.69 Å². The predicted molar refractivity (Wildman–Crippen MR) is 84.8 cm³/mol. The van der Waals surface area contributed by atoms with Gasteiger partial charge in [-0.25, -0.2) is 9.97 Å². The normalized spacial score (nSPS) is 10.7. The van der Waals surface area contributed by atoms with Gasteiger partial charge in [0.2, 0.25) is 5.91 Å². The van der Waals surface area contributed by atoms with Gasteiger partial charge in [0, 0.05) is 17.5 Å². The zero-order valence-electron chi connectivity index (χ0n) is 11.5. The van der Waals surface area contributed by atoms with E-state index in [1.807, 2.05) is 30.3 Å². The van der Waals surface area contributed by atoms with Crippen molar-refractivity contribution in [3.63, 3.8) is 0 Å². The molecule has 0 aliphatic heterocycles. The van der Waals surface area contributed by atoms with Crippen molar-refractivity contribution in [3.05, 3.63) is 58.8 Å². The first-order chi connectivity index (χ1) is 10.7. The molecule has 0 bridgehead atoms. The summed E-state index contributed by atoms with van der Waals surface area (Å²) < 4.78 is 1.26. The number of hydrogen-bond acceptors (Lipinski definition) is 5. The number of hydrogen-bond donors (Lipinski definition) is 2. The standard InChI is InChI=1S/C14H13N5O2S/c20-12(17-10-4-2-1-3-5-10)8-22-7-11-6-13(21)19-14(18-11)15-9-16-19/h1-6,9H,7-8H2,(H,17,20)(H,15,16,18). The molecule has 22 heavy (non-hydrogen) atoms. The van der Waals surface area contributed by atoms with Crippen LogP contribution >= 0.6 is 11.8 Å². The Morgan fingerprint density at radius 3 is 2.95 bits per heavy atom. The molecule has 112 valence electrons. The number of H-pyrrole nitrogens is 1. The molecule has 0 aliphatic carbocycles. The number of anilines is 1. The fraction of sp³-hybridized carbons (Fsp3) is 0.143. The molecular formula is C14H13N5O2S. The van der Waals surface area contributed by atoms with Gasteiger partial charge in [0.15, 0.2) is 0 Å². The molecule has 2 heterocycles. The Morgan fingerprint density at radius 1 is 1.32 bits per heavy atom. The summed E-state index contributed by atoms with van der Waals surface area (Å²) in [5, 5.41) is 5.48. The van der Waals surface area contributed by atoms with Crippen molar-refractivity contribution in [1.82, 2.24) is 19.6 Å². The molecule has 7 nitrogen and oxygen atoms in total. The first-order valence-electron chi connectivity index (χ1n) is 6.57. The van der Waals surface area contributed by atoms with E-state index in [1.165, 1.54) is 28.7 Å². The Bertz CT molecular complexity index is 843. The Kier molecular flexibility index (Phi) is 4.19. The molecule has 3 rings (SSSR count). The van der Waals surface area contributed by atoms with Crippen LogP contribution in [0, 0.1) is 0 Å². The number of carbonyl (C=O) groups excluding carboxylic acids is 1. The predicted octanol–water partition coefficient (Wildman–Crippen LogP) is 1.29. The van der Waals surface area contributed by atoms with Crippen LogP contribution in [0.25, 0.3) is 5.78 Å². The lowest BCUT2D eigenvalue weighted by Crippen LogP contribution is -2.16. The lowest BCUT2D eigenvalue weighted by Gasteiger charge is -2.04. The highest BCUT2D eigenvalue weighted by Gasteiger charge is 2.06. The number of benzene rings is 1. The van der Waals surface area contributed by atoms with Gasteiger partial charge in [0.1, 0.15) is 6.33 Å². The van der Waals surface area contributed by atoms with Gasteiger partial charge in [0.05, 0.1) is 11.4 Å². The summed E-state index contributed by atoms with van der Waals surface area (Å²) in [5.41, 5.74) is 1.16. The number of thioether (sulfide) groups is 1. The Hall–Kier alpha value is -2.61. The first-order valence-corrected chi connectivity index (χ1v) is 7.72. The molecule has 0 saturated heterocycles.